The summed E-state index contributed by atoms with van der Waals surface area (Å²) in [6.45, 7) is 1.65. The molecule has 0 saturated carbocycles. The molecule has 0 aromatic carbocycles. The molecule has 0 bridgehead atoms. The standard InChI is InChI=1S/C8H12N2O2/c1-6(8(11)12)10(2)7-3-4-9-5-7/h3-6,9H,1-2H3,(H,11,12). The lowest BCUT2D eigenvalue weighted by Crippen LogP contribution is -2.35. The number of carbonyl (C=O) groups is 1. The molecule has 0 aliphatic carbocycles. The predicted molar refractivity (Wildman–Crippen MR) is 46.3 cm³/mol. The van der Waals surface area contributed by atoms with E-state index in [4.69, 9.17) is 5.11 Å². The molecule has 0 spiro atoms. The Morgan fingerprint density at radius 3 is 2.83 bits per heavy atom. The first-order valence-electron chi connectivity index (χ1n) is 3.71. The van der Waals surface area contributed by atoms with Gasteiger partial charge in [0, 0.05) is 19.4 Å². The summed E-state index contributed by atoms with van der Waals surface area (Å²) >= 11 is 0. The van der Waals surface area contributed by atoms with Crippen LogP contribution in [0.4, 0.5) is 5.69 Å². The molecule has 0 saturated heterocycles. The molecule has 1 unspecified atom stereocenters. The molecule has 1 heterocycles. The van der Waals surface area contributed by atoms with Crippen LogP contribution in [-0.2, 0) is 4.79 Å². The van der Waals surface area contributed by atoms with Crippen LogP contribution >= 0.6 is 0 Å². The minimum Gasteiger partial charge on any atom is -0.480 e. The Bertz CT molecular complexity index is 256. The molecule has 0 amide bonds. The second kappa shape index (κ2) is 3.30. The molecule has 12 heavy (non-hydrogen) atoms. The van der Waals surface area contributed by atoms with Crippen molar-refractivity contribution in [1.82, 2.24) is 4.98 Å². The first-order chi connectivity index (χ1) is 5.63. The fourth-order valence-corrected chi connectivity index (χ4v) is 0.924. The normalized spacial score (nSPS) is 12.5. The van der Waals surface area contributed by atoms with Gasteiger partial charge in [0.1, 0.15) is 6.04 Å². The zero-order chi connectivity index (χ0) is 9.14. The highest BCUT2D eigenvalue weighted by atomic mass is 16.4. The van der Waals surface area contributed by atoms with E-state index in [0.717, 1.165) is 5.69 Å². The third-order valence-electron chi connectivity index (χ3n) is 1.93. The van der Waals surface area contributed by atoms with Gasteiger partial charge in [-0.1, -0.05) is 0 Å². The molecule has 1 atom stereocenters. The van der Waals surface area contributed by atoms with Crippen LogP contribution in [0.1, 0.15) is 6.92 Å². The van der Waals surface area contributed by atoms with E-state index in [1.165, 1.54) is 0 Å². The molecule has 0 aliphatic rings. The Kier molecular flexibility index (Phi) is 2.38. The van der Waals surface area contributed by atoms with Crippen LogP contribution in [0.5, 0.6) is 0 Å². The zero-order valence-electron chi connectivity index (χ0n) is 7.11. The van der Waals surface area contributed by atoms with E-state index in [0.29, 0.717) is 0 Å². The van der Waals surface area contributed by atoms with Gasteiger partial charge in [0.2, 0.25) is 0 Å². The monoisotopic (exact) mass is 168 g/mol. The second-order valence-electron chi connectivity index (χ2n) is 2.69. The minimum absolute atomic E-state index is 0.499. The van der Waals surface area contributed by atoms with Crippen molar-refractivity contribution in [2.24, 2.45) is 0 Å². The number of likely N-dealkylation sites (N-methyl/N-ethyl adjacent to an activating group) is 1. The SMILES string of the molecule is CC(C(=O)O)N(C)c1cc[nH]c1. The maximum absolute atomic E-state index is 10.6. The van der Waals surface area contributed by atoms with Gasteiger partial charge in [0.25, 0.3) is 0 Å². The molecule has 0 fully saturated rings. The minimum atomic E-state index is -0.821. The zero-order valence-corrected chi connectivity index (χ0v) is 7.11. The van der Waals surface area contributed by atoms with Crippen LogP contribution in [-0.4, -0.2) is 29.1 Å². The van der Waals surface area contributed by atoms with Gasteiger partial charge in [-0.05, 0) is 13.0 Å². The number of carboxylic acids is 1. The lowest BCUT2D eigenvalue weighted by Gasteiger charge is -2.21. The topological polar surface area (TPSA) is 56.3 Å². The van der Waals surface area contributed by atoms with Crippen LogP contribution < -0.4 is 4.90 Å². The van der Waals surface area contributed by atoms with Crippen molar-refractivity contribution in [3.05, 3.63) is 18.5 Å². The lowest BCUT2D eigenvalue weighted by atomic mass is 10.3. The van der Waals surface area contributed by atoms with Crippen molar-refractivity contribution in [1.29, 1.82) is 0 Å². The third-order valence-corrected chi connectivity index (χ3v) is 1.93. The quantitative estimate of drug-likeness (QED) is 0.705. The summed E-state index contributed by atoms with van der Waals surface area (Å²) in [6, 6.07) is 1.33. The van der Waals surface area contributed by atoms with Crippen molar-refractivity contribution < 1.29 is 9.90 Å². The molecule has 1 aromatic rings. The van der Waals surface area contributed by atoms with Gasteiger partial charge in [-0.2, -0.15) is 0 Å². The highest BCUT2D eigenvalue weighted by Crippen LogP contribution is 2.12. The Labute approximate surface area is 70.8 Å². The van der Waals surface area contributed by atoms with Crippen LogP contribution in [0, 0.1) is 0 Å². The molecule has 4 nitrogen and oxygen atoms in total. The lowest BCUT2D eigenvalue weighted by molar-refractivity contribution is -0.138. The van der Waals surface area contributed by atoms with Crippen LogP contribution in [0.2, 0.25) is 0 Å². The fourth-order valence-electron chi connectivity index (χ4n) is 0.924. The average molecular weight is 168 g/mol. The molecule has 4 heteroatoms. The van der Waals surface area contributed by atoms with Crippen molar-refractivity contribution in [2.45, 2.75) is 13.0 Å². The van der Waals surface area contributed by atoms with Crippen LogP contribution in [0.3, 0.4) is 0 Å². The number of anilines is 1. The maximum Gasteiger partial charge on any atom is 0.326 e. The average Bonchev–Trinajstić information content (AvgIpc) is 2.53. The summed E-state index contributed by atoms with van der Waals surface area (Å²) in [4.78, 5) is 15.1. The summed E-state index contributed by atoms with van der Waals surface area (Å²) in [5.74, 6) is -0.821. The summed E-state index contributed by atoms with van der Waals surface area (Å²) in [6.07, 6.45) is 3.53. The number of rotatable bonds is 3. The molecule has 1 aromatic heterocycles. The fraction of sp³-hybridized carbons (Fsp3) is 0.375. The number of carboxylic acid groups (broad SMARTS) is 1. The van der Waals surface area contributed by atoms with Crippen LogP contribution in [0.25, 0.3) is 0 Å². The Hall–Kier alpha value is -1.45. The van der Waals surface area contributed by atoms with E-state index in [-0.39, 0.29) is 0 Å². The van der Waals surface area contributed by atoms with Gasteiger partial charge in [-0.3, -0.25) is 0 Å². The Morgan fingerprint density at radius 2 is 2.42 bits per heavy atom. The van der Waals surface area contributed by atoms with Crippen molar-refractivity contribution in [3.63, 3.8) is 0 Å². The number of nitrogens with one attached hydrogen (secondary N) is 1. The van der Waals surface area contributed by atoms with Gasteiger partial charge < -0.3 is 15.0 Å². The number of hydrogen-bond acceptors (Lipinski definition) is 2. The largest absolute Gasteiger partial charge is 0.480 e. The molecule has 1 rings (SSSR count). The van der Waals surface area contributed by atoms with Crippen LogP contribution in [0.15, 0.2) is 18.5 Å². The van der Waals surface area contributed by atoms with Gasteiger partial charge in [0.05, 0.1) is 5.69 Å². The van der Waals surface area contributed by atoms with Crippen molar-refractivity contribution in [2.75, 3.05) is 11.9 Å². The predicted octanol–water partition coefficient (Wildman–Crippen LogP) is 0.924. The first kappa shape index (κ1) is 8.64. The number of nitrogens with zero attached hydrogens (tertiary/aromatic N) is 1. The number of hydrogen-bond donors (Lipinski definition) is 2. The molecular weight excluding hydrogens is 156 g/mol. The highest BCUT2D eigenvalue weighted by molar-refractivity contribution is 5.77. The van der Waals surface area contributed by atoms with Gasteiger partial charge in [0.15, 0.2) is 0 Å². The Morgan fingerprint density at radius 1 is 1.75 bits per heavy atom. The number of aromatic amines is 1. The molecular formula is C8H12N2O2. The van der Waals surface area contributed by atoms with E-state index in [9.17, 15) is 4.79 Å². The summed E-state index contributed by atoms with van der Waals surface area (Å²) < 4.78 is 0. The van der Waals surface area contributed by atoms with E-state index in [1.54, 1.807) is 31.3 Å². The van der Waals surface area contributed by atoms with Gasteiger partial charge in [-0.15, -0.1) is 0 Å². The van der Waals surface area contributed by atoms with Crippen molar-refractivity contribution >= 4 is 11.7 Å². The summed E-state index contributed by atoms with van der Waals surface area (Å²) in [7, 11) is 1.75. The smallest absolute Gasteiger partial charge is 0.326 e. The van der Waals surface area contributed by atoms with E-state index in [1.807, 2.05) is 6.07 Å². The first-order valence-corrected chi connectivity index (χ1v) is 3.71. The molecule has 66 valence electrons. The molecule has 0 radical (unpaired) electrons. The number of H-pyrrole nitrogens is 1. The molecule has 0 aliphatic heterocycles. The van der Waals surface area contributed by atoms with E-state index < -0.39 is 12.0 Å². The van der Waals surface area contributed by atoms with E-state index in [2.05, 4.69) is 4.98 Å². The molecule has 2 N–H and O–H groups in total. The highest BCUT2D eigenvalue weighted by Gasteiger charge is 2.16. The summed E-state index contributed by atoms with van der Waals surface area (Å²) in [5, 5.41) is 8.70. The van der Waals surface area contributed by atoms with Gasteiger partial charge in [-0.25, -0.2) is 4.79 Å². The van der Waals surface area contributed by atoms with Gasteiger partial charge >= 0.3 is 5.97 Å². The maximum atomic E-state index is 10.6. The van der Waals surface area contributed by atoms with E-state index >= 15 is 0 Å². The Balaban J connectivity index is 2.71. The third kappa shape index (κ3) is 1.58. The van der Waals surface area contributed by atoms with Crippen molar-refractivity contribution in [3.8, 4) is 0 Å². The second-order valence-corrected chi connectivity index (χ2v) is 2.69. The number of aromatic nitrogens is 1. The summed E-state index contributed by atoms with van der Waals surface area (Å²) in [5.41, 5.74) is 0.880. The number of aliphatic carboxylic acids is 1.